The Kier molecular flexibility index (Phi) is 4.12. The molecule has 8 nitrogen and oxygen atoms in total. The van der Waals surface area contributed by atoms with Gasteiger partial charge in [0.25, 0.3) is 5.91 Å². The Bertz CT molecular complexity index is 1040. The third-order valence-electron chi connectivity index (χ3n) is 6.02. The van der Waals surface area contributed by atoms with E-state index in [1.807, 2.05) is 0 Å². The topological polar surface area (TPSA) is 96.3 Å². The number of imide groups is 1. The SMILES string of the molecule is O=C1NC(=O)[C@](CCC(=O)N2Cc3cn(-c4cc(F)cc(F)c4)nc3C2)(C2CC2)N1. The van der Waals surface area contributed by atoms with Gasteiger partial charge in [-0.2, -0.15) is 5.10 Å². The van der Waals surface area contributed by atoms with Crippen molar-refractivity contribution in [2.75, 3.05) is 0 Å². The van der Waals surface area contributed by atoms with Crippen LogP contribution >= 0.6 is 0 Å². The van der Waals surface area contributed by atoms with Crippen LogP contribution in [0.2, 0.25) is 0 Å². The zero-order valence-electron chi connectivity index (χ0n) is 16.0. The summed E-state index contributed by atoms with van der Waals surface area (Å²) in [7, 11) is 0. The van der Waals surface area contributed by atoms with Crippen LogP contribution in [0.1, 0.15) is 36.9 Å². The number of aromatic nitrogens is 2. The van der Waals surface area contributed by atoms with E-state index in [1.54, 1.807) is 11.1 Å². The van der Waals surface area contributed by atoms with E-state index in [4.69, 9.17) is 0 Å². The van der Waals surface area contributed by atoms with E-state index in [1.165, 1.54) is 16.8 Å². The van der Waals surface area contributed by atoms with Crippen LogP contribution in [0, 0.1) is 17.6 Å². The molecule has 5 rings (SSSR count). The van der Waals surface area contributed by atoms with Crippen LogP contribution in [0.4, 0.5) is 13.6 Å². The minimum Gasteiger partial charge on any atom is -0.332 e. The summed E-state index contributed by atoms with van der Waals surface area (Å²) in [5, 5.41) is 9.36. The van der Waals surface area contributed by atoms with Gasteiger partial charge in [-0.05, 0) is 37.3 Å². The highest BCUT2D eigenvalue weighted by Crippen LogP contribution is 2.44. The molecular formula is C20H19F2N5O3. The summed E-state index contributed by atoms with van der Waals surface area (Å²) in [6, 6.07) is 2.66. The molecule has 1 saturated heterocycles. The maximum absolute atomic E-state index is 13.5. The van der Waals surface area contributed by atoms with Crippen LogP contribution in [0.15, 0.2) is 24.4 Å². The number of hydrogen-bond acceptors (Lipinski definition) is 4. The van der Waals surface area contributed by atoms with E-state index in [0.717, 1.165) is 24.5 Å². The van der Waals surface area contributed by atoms with Crippen LogP contribution in [-0.4, -0.2) is 38.1 Å². The fourth-order valence-corrected chi connectivity index (χ4v) is 4.34. The summed E-state index contributed by atoms with van der Waals surface area (Å²) in [6.45, 7) is 0.620. The van der Waals surface area contributed by atoms with Gasteiger partial charge in [0.2, 0.25) is 5.91 Å². The Morgan fingerprint density at radius 1 is 1.17 bits per heavy atom. The van der Waals surface area contributed by atoms with E-state index in [9.17, 15) is 23.2 Å². The number of halogens is 2. The smallest absolute Gasteiger partial charge is 0.322 e. The van der Waals surface area contributed by atoms with E-state index in [2.05, 4.69) is 15.7 Å². The molecule has 0 radical (unpaired) electrons. The second kappa shape index (κ2) is 6.61. The van der Waals surface area contributed by atoms with Crippen molar-refractivity contribution in [3.8, 4) is 5.69 Å². The number of rotatable bonds is 5. The lowest BCUT2D eigenvalue weighted by Gasteiger charge is -2.26. The van der Waals surface area contributed by atoms with E-state index >= 15 is 0 Å². The lowest BCUT2D eigenvalue weighted by Crippen LogP contribution is -2.49. The predicted octanol–water partition coefficient (Wildman–Crippen LogP) is 1.76. The highest BCUT2D eigenvalue weighted by Gasteiger charge is 2.55. The second-order valence-corrected chi connectivity index (χ2v) is 8.08. The number of carbonyl (C=O) groups is 3. The highest BCUT2D eigenvalue weighted by molar-refractivity contribution is 6.07. The number of hydrogen-bond donors (Lipinski definition) is 2. The molecule has 0 unspecified atom stereocenters. The Balaban J connectivity index is 1.25. The number of amides is 4. The number of nitrogens with zero attached hydrogens (tertiary/aromatic N) is 3. The normalized spacial score (nSPS) is 22.8. The first-order valence-corrected chi connectivity index (χ1v) is 9.79. The molecule has 1 atom stereocenters. The quantitative estimate of drug-likeness (QED) is 0.728. The third kappa shape index (κ3) is 3.12. The molecule has 156 valence electrons. The monoisotopic (exact) mass is 415 g/mol. The van der Waals surface area contributed by atoms with Crippen molar-refractivity contribution in [2.45, 2.75) is 44.3 Å². The average molecular weight is 415 g/mol. The van der Waals surface area contributed by atoms with Crippen LogP contribution in [0.3, 0.4) is 0 Å². The number of urea groups is 1. The molecule has 0 bridgehead atoms. The molecule has 2 aliphatic heterocycles. The van der Waals surface area contributed by atoms with Crippen molar-refractivity contribution in [3.63, 3.8) is 0 Å². The predicted molar refractivity (Wildman–Crippen MR) is 99.1 cm³/mol. The molecule has 1 saturated carbocycles. The van der Waals surface area contributed by atoms with Crippen LogP contribution in [0.25, 0.3) is 5.69 Å². The number of carbonyl (C=O) groups excluding carboxylic acids is 3. The van der Waals surface area contributed by atoms with E-state index < -0.39 is 23.2 Å². The summed E-state index contributed by atoms with van der Waals surface area (Å²) in [5.74, 6) is -1.80. The second-order valence-electron chi connectivity index (χ2n) is 8.08. The van der Waals surface area contributed by atoms with Crippen LogP contribution in [0.5, 0.6) is 0 Å². The summed E-state index contributed by atoms with van der Waals surface area (Å²) >= 11 is 0. The molecule has 30 heavy (non-hydrogen) atoms. The Morgan fingerprint density at radius 3 is 2.50 bits per heavy atom. The van der Waals surface area contributed by atoms with Gasteiger partial charge in [-0.1, -0.05) is 0 Å². The van der Waals surface area contributed by atoms with Gasteiger partial charge in [-0.15, -0.1) is 0 Å². The minimum atomic E-state index is -0.989. The Labute approximate surface area is 170 Å². The first-order chi connectivity index (χ1) is 14.3. The van der Waals surface area contributed by atoms with Crippen molar-refractivity contribution in [1.29, 1.82) is 0 Å². The van der Waals surface area contributed by atoms with Gasteiger partial charge in [-0.25, -0.2) is 18.3 Å². The Hall–Kier alpha value is -3.30. The minimum absolute atomic E-state index is 0.0713. The number of benzene rings is 1. The van der Waals surface area contributed by atoms with Crippen LogP contribution < -0.4 is 10.6 Å². The van der Waals surface area contributed by atoms with Gasteiger partial charge in [0.15, 0.2) is 0 Å². The summed E-state index contributed by atoms with van der Waals surface area (Å²) < 4.78 is 28.3. The molecule has 2 fully saturated rings. The zero-order valence-corrected chi connectivity index (χ0v) is 16.0. The molecule has 3 aliphatic rings. The number of nitrogens with one attached hydrogen (secondary N) is 2. The first-order valence-electron chi connectivity index (χ1n) is 9.79. The van der Waals surface area contributed by atoms with Crippen molar-refractivity contribution in [1.82, 2.24) is 25.3 Å². The molecule has 3 heterocycles. The molecule has 0 spiro atoms. The molecule has 1 aromatic heterocycles. The van der Waals surface area contributed by atoms with Crippen molar-refractivity contribution in [3.05, 3.63) is 47.3 Å². The van der Waals surface area contributed by atoms with Crippen LogP contribution in [-0.2, 0) is 22.7 Å². The first kappa shape index (κ1) is 18.7. The van der Waals surface area contributed by atoms with Crippen molar-refractivity contribution in [2.24, 2.45) is 5.92 Å². The highest BCUT2D eigenvalue weighted by atomic mass is 19.1. The molecule has 2 N–H and O–H groups in total. The largest absolute Gasteiger partial charge is 0.332 e. The summed E-state index contributed by atoms with van der Waals surface area (Å²) in [5.41, 5.74) is 0.750. The maximum Gasteiger partial charge on any atom is 0.322 e. The average Bonchev–Trinajstić information content (AvgIpc) is 3.23. The summed E-state index contributed by atoms with van der Waals surface area (Å²) in [6.07, 6.45) is 3.75. The van der Waals surface area contributed by atoms with E-state index in [0.29, 0.717) is 12.2 Å². The Morgan fingerprint density at radius 2 is 1.90 bits per heavy atom. The van der Waals surface area contributed by atoms with E-state index in [-0.39, 0.29) is 42.8 Å². The van der Waals surface area contributed by atoms with Gasteiger partial charge in [0.05, 0.1) is 17.9 Å². The molecule has 2 aromatic rings. The third-order valence-corrected chi connectivity index (χ3v) is 6.02. The fourth-order valence-electron chi connectivity index (χ4n) is 4.34. The molecule has 1 aliphatic carbocycles. The number of fused-ring (bicyclic) bond motifs is 1. The lowest BCUT2D eigenvalue weighted by molar-refractivity contribution is -0.133. The standard InChI is InChI=1S/C20H19F2N5O3/c21-13-5-14(22)7-15(6-13)27-9-11-8-26(10-16(11)25-27)17(28)3-4-20(12-1-2-12)18(29)23-19(30)24-20/h5-7,9,12H,1-4,8,10H2,(H2,23,24,29,30)/t20-/m0/s1. The zero-order chi connectivity index (χ0) is 21.0. The van der Waals surface area contributed by atoms with Crippen molar-refractivity contribution >= 4 is 17.8 Å². The molecule has 4 amide bonds. The summed E-state index contributed by atoms with van der Waals surface area (Å²) in [4.78, 5) is 38.3. The molecule has 10 heteroatoms. The molecular weight excluding hydrogens is 396 g/mol. The van der Waals surface area contributed by atoms with Gasteiger partial charge >= 0.3 is 6.03 Å². The fraction of sp³-hybridized carbons (Fsp3) is 0.400. The molecule has 1 aromatic carbocycles. The van der Waals surface area contributed by atoms with Gasteiger partial charge in [0, 0.05) is 30.8 Å². The maximum atomic E-state index is 13.5. The van der Waals surface area contributed by atoms with Gasteiger partial charge in [-0.3, -0.25) is 14.9 Å². The van der Waals surface area contributed by atoms with Gasteiger partial charge < -0.3 is 10.2 Å². The lowest BCUT2D eigenvalue weighted by atomic mass is 9.88. The van der Waals surface area contributed by atoms with Gasteiger partial charge in [0.1, 0.15) is 17.2 Å². The van der Waals surface area contributed by atoms with Crippen molar-refractivity contribution < 1.29 is 23.2 Å².